The minimum Gasteiger partial charge on any atom is -0.338 e. The average Bonchev–Trinajstić information content (AvgIpc) is 4.06. The van der Waals surface area contributed by atoms with Gasteiger partial charge in [0.05, 0.1) is 48.4 Å². The van der Waals surface area contributed by atoms with Crippen LogP contribution >= 0.6 is 0 Å². The summed E-state index contributed by atoms with van der Waals surface area (Å²) < 4.78 is 62.4. The van der Waals surface area contributed by atoms with Crippen LogP contribution in [0.3, 0.4) is 0 Å². The van der Waals surface area contributed by atoms with Gasteiger partial charge in [0, 0.05) is 49.6 Å². The Labute approximate surface area is 380 Å². The van der Waals surface area contributed by atoms with E-state index < -0.39 is 23.3 Å². The number of halogens is 4. The number of pyridine rings is 1. The molecule has 10 rings (SSSR count). The maximum atomic E-state index is 14.5. The predicted octanol–water partition coefficient (Wildman–Crippen LogP) is 8.92. The van der Waals surface area contributed by atoms with E-state index in [1.54, 1.807) is 21.4 Å². The van der Waals surface area contributed by atoms with Gasteiger partial charge < -0.3 is 23.4 Å². The quantitative estimate of drug-likeness (QED) is 0.0906. The first-order valence-corrected chi connectivity index (χ1v) is 19.4. The third-order valence-corrected chi connectivity index (χ3v) is 9.59. The number of hydrogen-bond acceptors (Lipinski definition) is 4. The molecule has 0 fully saturated rings. The Morgan fingerprint density at radius 1 is 0.531 bits per heavy atom. The van der Waals surface area contributed by atoms with Crippen molar-refractivity contribution in [3.05, 3.63) is 218 Å². The summed E-state index contributed by atoms with van der Waals surface area (Å²) in [6.07, 6.45) is 7.93. The monoisotopic (exact) mass is 1030 g/mol. The van der Waals surface area contributed by atoms with E-state index in [9.17, 15) is 17.6 Å². The van der Waals surface area contributed by atoms with Gasteiger partial charge in [0.25, 0.3) is 0 Å². The van der Waals surface area contributed by atoms with E-state index in [-0.39, 0.29) is 31.5 Å². The Bertz CT molecular complexity index is 2880. The average molecular weight is 1030 g/mol. The Morgan fingerprint density at radius 2 is 0.938 bits per heavy atom. The van der Waals surface area contributed by atoms with Gasteiger partial charge in [0.15, 0.2) is 0 Å². The van der Waals surface area contributed by atoms with Crippen LogP contribution in [-0.4, -0.2) is 29.6 Å². The molecule has 0 amide bonds. The van der Waals surface area contributed by atoms with Gasteiger partial charge in [-0.25, -0.2) is 0 Å². The van der Waals surface area contributed by atoms with Crippen LogP contribution in [0.1, 0.15) is 0 Å². The molecule has 0 N–H and O–H groups in total. The van der Waals surface area contributed by atoms with E-state index in [2.05, 4.69) is 50.4 Å². The molecule has 0 spiro atoms. The maximum absolute atomic E-state index is 14.5. The molecule has 0 aliphatic carbocycles. The van der Waals surface area contributed by atoms with E-state index in [0.29, 0.717) is 11.5 Å². The standard InChI is InChI=1S/2C22H15F2N2.C6H4N5.Ir/c2*1-25-15-26(20-13-12-18(23)14-19(20)24)22(17-10-6-3-7-11-17)21(25)16-8-4-2-5-9-16;1-2-4-7-5(3-1)6-8-10-11-9-6;/h2*2-12,14H,1H3;1-4H;/q3*-1;. The molecule has 319 valence electrons. The number of rotatable bonds is 7. The summed E-state index contributed by atoms with van der Waals surface area (Å²) in [7, 11) is 3.71. The van der Waals surface area contributed by atoms with Crippen LogP contribution in [0, 0.1) is 48.1 Å². The molecule has 1 radical (unpaired) electrons. The van der Waals surface area contributed by atoms with Crippen LogP contribution in [0.25, 0.3) is 67.9 Å². The van der Waals surface area contributed by atoms with Crippen molar-refractivity contribution >= 4 is 0 Å². The molecule has 64 heavy (non-hydrogen) atoms. The van der Waals surface area contributed by atoms with Crippen molar-refractivity contribution in [1.29, 1.82) is 0 Å². The molecule has 6 aromatic carbocycles. The van der Waals surface area contributed by atoms with Crippen molar-refractivity contribution in [1.82, 2.24) is 34.7 Å². The molecule has 14 heteroatoms. The second-order valence-corrected chi connectivity index (χ2v) is 13.8. The zero-order valence-electron chi connectivity index (χ0n) is 34.0. The van der Waals surface area contributed by atoms with Crippen molar-refractivity contribution in [3.8, 4) is 67.9 Å². The number of imidazole rings is 2. The zero-order valence-corrected chi connectivity index (χ0v) is 36.4. The minimum atomic E-state index is -0.686. The van der Waals surface area contributed by atoms with Crippen LogP contribution in [0.5, 0.6) is 0 Å². The van der Waals surface area contributed by atoms with Crippen molar-refractivity contribution in [2.75, 3.05) is 0 Å². The maximum Gasteiger partial charge on any atom is 0.242 e. The summed E-state index contributed by atoms with van der Waals surface area (Å²) in [4.78, 5) is 4.02. The molecule has 4 heterocycles. The van der Waals surface area contributed by atoms with E-state index in [1.807, 2.05) is 157 Å². The third kappa shape index (κ3) is 9.84. The molecule has 10 aromatic rings. The molecule has 0 saturated carbocycles. The topological polar surface area (TPSA) is 83.3 Å². The van der Waals surface area contributed by atoms with Gasteiger partial charge in [-0.1, -0.05) is 127 Å². The molecule has 9 nitrogen and oxygen atoms in total. The molecular weight excluding hydrogens is 995 g/mol. The molecule has 0 aliphatic heterocycles. The number of aryl methyl sites for hydroxylation is 2. The van der Waals surface area contributed by atoms with Crippen molar-refractivity contribution in [2.45, 2.75) is 0 Å². The van der Waals surface area contributed by atoms with Crippen LogP contribution < -0.4 is 14.2 Å². The van der Waals surface area contributed by atoms with Crippen molar-refractivity contribution in [3.63, 3.8) is 0 Å². The summed E-state index contributed by atoms with van der Waals surface area (Å²) in [5, 5.41) is 14.0. The van der Waals surface area contributed by atoms with Gasteiger partial charge in [-0.2, -0.15) is 17.3 Å². The molecule has 0 saturated heterocycles. The van der Waals surface area contributed by atoms with Gasteiger partial charge in [0.1, 0.15) is 0 Å². The normalized spacial score (nSPS) is 10.5. The molecule has 0 unspecified atom stereocenters. The van der Waals surface area contributed by atoms with E-state index in [1.165, 1.54) is 0 Å². The molecule has 4 aromatic heterocycles. The van der Waals surface area contributed by atoms with Gasteiger partial charge >= 0.3 is 0 Å². The second-order valence-electron chi connectivity index (χ2n) is 13.8. The first-order valence-electron chi connectivity index (χ1n) is 19.4. The number of benzene rings is 6. The summed E-state index contributed by atoms with van der Waals surface area (Å²) in [6.45, 7) is 0. The zero-order chi connectivity index (χ0) is 43.7. The Kier molecular flexibility index (Phi) is 14.2. The largest absolute Gasteiger partial charge is 0.338 e. The SMILES string of the molecule is C[n+]1[c-]n(-c2[c-]cc(F)cc2F)c(-c2ccccc2)c1-c1ccccc1.C[n+]1[c-]n(-c2[c-]cc(F)cc2F)c(-c2ccccc2)c1-c1ccccc1.[Ir].c1ccc(-c2nnn[n-]2)nc1. The fourth-order valence-corrected chi connectivity index (χ4v) is 6.89. The number of hydrogen-bond donors (Lipinski definition) is 0. The van der Waals surface area contributed by atoms with E-state index in [4.69, 9.17) is 0 Å². The van der Waals surface area contributed by atoms with Crippen LogP contribution in [0.15, 0.2) is 170 Å². The smallest absolute Gasteiger partial charge is 0.242 e. The Hall–Kier alpha value is -7.67. The first-order chi connectivity index (χ1) is 30.8. The summed E-state index contributed by atoms with van der Waals surface area (Å²) >= 11 is 0. The van der Waals surface area contributed by atoms with Gasteiger partial charge in [0.2, 0.25) is 12.7 Å². The Morgan fingerprint density at radius 3 is 1.30 bits per heavy atom. The Balaban J connectivity index is 0.000000153. The second kappa shape index (κ2) is 20.5. The number of nitrogens with zero attached hydrogens (tertiary/aromatic N) is 9. The molecule has 0 aliphatic rings. The van der Waals surface area contributed by atoms with Gasteiger partial charge in [-0.3, -0.25) is 32.9 Å². The molecular formula is C50H34F4IrN9-3. The fourth-order valence-electron chi connectivity index (χ4n) is 6.89. The summed E-state index contributed by atoms with van der Waals surface area (Å²) in [6, 6.07) is 53.8. The first kappa shape index (κ1) is 44.4. The van der Waals surface area contributed by atoms with Crippen LogP contribution in [0.4, 0.5) is 17.6 Å². The number of aromatic nitrogens is 9. The summed E-state index contributed by atoms with van der Waals surface area (Å²) in [5.74, 6) is -2.23. The van der Waals surface area contributed by atoms with E-state index >= 15 is 0 Å². The van der Waals surface area contributed by atoms with E-state index in [0.717, 1.165) is 69.3 Å². The number of tetrazole rings is 1. The van der Waals surface area contributed by atoms with Crippen LogP contribution in [-0.2, 0) is 34.2 Å². The molecule has 0 atom stereocenters. The van der Waals surface area contributed by atoms with Crippen molar-refractivity contribution in [2.24, 2.45) is 14.1 Å². The fraction of sp³-hybridized carbons (Fsp3) is 0.0400. The molecule has 0 bridgehead atoms. The third-order valence-electron chi connectivity index (χ3n) is 9.59. The van der Waals surface area contributed by atoms with Gasteiger partial charge in [-0.15, -0.1) is 24.3 Å². The minimum absolute atomic E-state index is 0. The van der Waals surface area contributed by atoms with Gasteiger partial charge in [-0.05, 0) is 45.8 Å². The van der Waals surface area contributed by atoms with Crippen LogP contribution in [0.2, 0.25) is 0 Å². The summed E-state index contributed by atoms with van der Waals surface area (Å²) in [5.41, 5.74) is 8.01. The predicted molar refractivity (Wildman–Crippen MR) is 227 cm³/mol. The van der Waals surface area contributed by atoms with Crippen molar-refractivity contribution < 1.29 is 46.8 Å².